The lowest BCUT2D eigenvalue weighted by molar-refractivity contribution is 0.491. The Balaban J connectivity index is 1.56. The predicted molar refractivity (Wildman–Crippen MR) is 78.2 cm³/mol. The summed E-state index contributed by atoms with van der Waals surface area (Å²) in [5.41, 5.74) is 2.11. The number of imidazole rings is 1. The van der Waals surface area contributed by atoms with Crippen LogP contribution in [0, 0.1) is 5.92 Å². The van der Waals surface area contributed by atoms with E-state index in [-0.39, 0.29) is 0 Å². The van der Waals surface area contributed by atoms with Gasteiger partial charge in [0.1, 0.15) is 5.52 Å². The first-order valence-electron chi connectivity index (χ1n) is 7.34. The number of anilines is 1. The van der Waals surface area contributed by atoms with Gasteiger partial charge in [-0.1, -0.05) is 25.7 Å². The van der Waals surface area contributed by atoms with Gasteiger partial charge in [0, 0.05) is 19.8 Å². The highest BCUT2D eigenvalue weighted by Crippen LogP contribution is 2.28. The molecule has 0 spiro atoms. The third-order valence-electron chi connectivity index (χ3n) is 4.20. The molecule has 102 valence electrons. The fraction of sp³-hybridized carbons (Fsp3) is 0.600. The molecule has 0 unspecified atom stereocenters. The zero-order valence-corrected chi connectivity index (χ0v) is 11.6. The molecule has 19 heavy (non-hydrogen) atoms. The van der Waals surface area contributed by atoms with Crippen LogP contribution in [0.3, 0.4) is 0 Å². The summed E-state index contributed by atoms with van der Waals surface area (Å²) in [6, 6.07) is 2.01. The molecule has 0 amide bonds. The van der Waals surface area contributed by atoms with Crippen LogP contribution in [0.1, 0.15) is 38.5 Å². The number of fused-ring (bicyclic) bond motifs is 1. The van der Waals surface area contributed by atoms with E-state index in [1.54, 1.807) is 0 Å². The monoisotopic (exact) mass is 258 g/mol. The zero-order valence-electron chi connectivity index (χ0n) is 11.6. The molecule has 4 nitrogen and oxygen atoms in total. The fourth-order valence-electron chi connectivity index (χ4n) is 3.09. The highest BCUT2D eigenvalue weighted by atomic mass is 15.1. The summed E-state index contributed by atoms with van der Waals surface area (Å²) < 4.78 is 2.03. The van der Waals surface area contributed by atoms with Crippen LogP contribution in [0.25, 0.3) is 11.0 Å². The van der Waals surface area contributed by atoms with Crippen LogP contribution in [0.5, 0.6) is 0 Å². The summed E-state index contributed by atoms with van der Waals surface area (Å²) in [5.74, 6) is 1.89. The molecule has 4 heteroatoms. The summed E-state index contributed by atoms with van der Waals surface area (Å²) in [4.78, 5) is 8.81. The third kappa shape index (κ3) is 2.72. The summed E-state index contributed by atoms with van der Waals surface area (Å²) in [5, 5.41) is 3.44. The summed E-state index contributed by atoms with van der Waals surface area (Å²) in [7, 11) is 2.01. The molecule has 1 fully saturated rings. The van der Waals surface area contributed by atoms with Crippen molar-refractivity contribution in [2.24, 2.45) is 13.0 Å². The molecule has 0 saturated heterocycles. The van der Waals surface area contributed by atoms with Crippen molar-refractivity contribution in [3.8, 4) is 0 Å². The lowest BCUT2D eigenvalue weighted by Crippen LogP contribution is -2.06. The number of pyridine rings is 1. The van der Waals surface area contributed by atoms with Gasteiger partial charge in [0.25, 0.3) is 0 Å². The fourth-order valence-corrected chi connectivity index (χ4v) is 3.09. The molecular weight excluding hydrogens is 236 g/mol. The number of hydrogen-bond acceptors (Lipinski definition) is 3. The van der Waals surface area contributed by atoms with E-state index in [1.807, 2.05) is 30.2 Å². The Hall–Kier alpha value is -1.58. The minimum Gasteiger partial charge on any atom is -0.368 e. The molecule has 0 radical (unpaired) electrons. The zero-order chi connectivity index (χ0) is 13.1. The van der Waals surface area contributed by atoms with Gasteiger partial charge in [-0.3, -0.25) is 0 Å². The van der Waals surface area contributed by atoms with Gasteiger partial charge >= 0.3 is 0 Å². The number of aromatic nitrogens is 3. The molecule has 0 atom stereocenters. The Morgan fingerprint density at radius 2 is 2.16 bits per heavy atom. The van der Waals surface area contributed by atoms with Crippen LogP contribution in [-0.4, -0.2) is 21.1 Å². The molecule has 0 aliphatic heterocycles. The predicted octanol–water partition coefficient (Wildman–Crippen LogP) is 3.35. The Labute approximate surface area is 114 Å². The van der Waals surface area contributed by atoms with Crippen LogP contribution in [0.4, 0.5) is 5.82 Å². The van der Waals surface area contributed by atoms with Gasteiger partial charge in [-0.05, 0) is 24.8 Å². The lowest BCUT2D eigenvalue weighted by Gasteiger charge is -2.09. The molecule has 0 bridgehead atoms. The van der Waals surface area contributed by atoms with Crippen LogP contribution >= 0.6 is 0 Å². The summed E-state index contributed by atoms with van der Waals surface area (Å²) in [6.45, 7) is 0.999. The topological polar surface area (TPSA) is 42.7 Å². The average Bonchev–Trinajstić information content (AvgIpc) is 3.06. The van der Waals surface area contributed by atoms with Crippen molar-refractivity contribution in [1.29, 1.82) is 0 Å². The largest absolute Gasteiger partial charge is 0.368 e. The van der Waals surface area contributed by atoms with E-state index >= 15 is 0 Å². The van der Waals surface area contributed by atoms with Crippen LogP contribution in [-0.2, 0) is 7.05 Å². The molecular formula is C15H22N4. The van der Waals surface area contributed by atoms with Gasteiger partial charge in [-0.2, -0.15) is 0 Å². The number of nitrogens with one attached hydrogen (secondary N) is 1. The molecule has 2 aromatic heterocycles. The van der Waals surface area contributed by atoms with Crippen LogP contribution in [0.15, 0.2) is 18.6 Å². The van der Waals surface area contributed by atoms with Crippen molar-refractivity contribution in [2.75, 3.05) is 11.9 Å². The maximum Gasteiger partial charge on any atom is 0.154 e. The smallest absolute Gasteiger partial charge is 0.154 e. The highest BCUT2D eigenvalue weighted by molar-refractivity contribution is 5.85. The van der Waals surface area contributed by atoms with Crippen molar-refractivity contribution in [3.63, 3.8) is 0 Å². The average molecular weight is 258 g/mol. The normalized spacial score (nSPS) is 16.3. The minimum absolute atomic E-state index is 0.921. The van der Waals surface area contributed by atoms with E-state index in [1.165, 1.54) is 38.5 Å². The van der Waals surface area contributed by atoms with Gasteiger partial charge in [0.2, 0.25) is 0 Å². The van der Waals surface area contributed by atoms with Crippen molar-refractivity contribution < 1.29 is 0 Å². The molecule has 1 N–H and O–H groups in total. The van der Waals surface area contributed by atoms with Crippen molar-refractivity contribution in [3.05, 3.63) is 18.6 Å². The van der Waals surface area contributed by atoms with E-state index in [0.717, 1.165) is 29.3 Å². The molecule has 3 rings (SSSR count). The second-order valence-corrected chi connectivity index (χ2v) is 5.60. The molecule has 0 aromatic carbocycles. The first-order valence-corrected chi connectivity index (χ1v) is 7.34. The number of rotatable bonds is 5. The molecule has 2 aromatic rings. The Kier molecular flexibility index (Phi) is 3.67. The van der Waals surface area contributed by atoms with E-state index in [9.17, 15) is 0 Å². The van der Waals surface area contributed by atoms with Gasteiger partial charge < -0.3 is 9.88 Å². The summed E-state index contributed by atoms with van der Waals surface area (Å²) >= 11 is 0. The maximum absolute atomic E-state index is 4.41. The first-order chi connectivity index (χ1) is 9.34. The maximum atomic E-state index is 4.41. The van der Waals surface area contributed by atoms with E-state index in [4.69, 9.17) is 0 Å². The van der Waals surface area contributed by atoms with Crippen molar-refractivity contribution in [1.82, 2.24) is 14.5 Å². The standard InChI is InChI=1S/C15H22N4/c1-19-11-18-14-13(19)8-10-17-15(14)16-9-4-7-12-5-2-3-6-12/h8,10-12H,2-7,9H2,1H3,(H,16,17). The van der Waals surface area contributed by atoms with Crippen molar-refractivity contribution in [2.45, 2.75) is 38.5 Å². The number of hydrogen-bond donors (Lipinski definition) is 1. The van der Waals surface area contributed by atoms with Gasteiger partial charge in [0.05, 0.1) is 11.8 Å². The number of nitrogens with zero attached hydrogens (tertiary/aromatic N) is 3. The lowest BCUT2D eigenvalue weighted by atomic mass is 10.0. The third-order valence-corrected chi connectivity index (χ3v) is 4.20. The Morgan fingerprint density at radius 3 is 3.00 bits per heavy atom. The van der Waals surface area contributed by atoms with Crippen LogP contribution < -0.4 is 5.32 Å². The molecule has 1 saturated carbocycles. The molecule has 2 heterocycles. The van der Waals surface area contributed by atoms with Crippen LogP contribution in [0.2, 0.25) is 0 Å². The summed E-state index contributed by atoms with van der Waals surface area (Å²) in [6.07, 6.45) is 12.0. The molecule has 1 aliphatic rings. The van der Waals surface area contributed by atoms with Gasteiger partial charge in [0.15, 0.2) is 5.82 Å². The van der Waals surface area contributed by atoms with E-state index in [2.05, 4.69) is 15.3 Å². The van der Waals surface area contributed by atoms with Gasteiger partial charge in [-0.15, -0.1) is 0 Å². The Morgan fingerprint density at radius 1 is 1.32 bits per heavy atom. The Bertz CT molecular complexity index is 540. The minimum atomic E-state index is 0.921. The van der Waals surface area contributed by atoms with Crippen molar-refractivity contribution >= 4 is 16.9 Å². The second-order valence-electron chi connectivity index (χ2n) is 5.60. The van der Waals surface area contributed by atoms with E-state index in [0.29, 0.717) is 0 Å². The van der Waals surface area contributed by atoms with E-state index < -0.39 is 0 Å². The first kappa shape index (κ1) is 12.5. The highest BCUT2D eigenvalue weighted by Gasteiger charge is 2.14. The SMILES string of the molecule is Cn1cnc2c(NCCCC3CCCC3)nccc21. The molecule has 1 aliphatic carbocycles. The quantitative estimate of drug-likeness (QED) is 0.836. The number of aryl methyl sites for hydroxylation is 1. The second kappa shape index (κ2) is 5.59. The van der Waals surface area contributed by atoms with Gasteiger partial charge in [-0.25, -0.2) is 9.97 Å².